The Bertz CT molecular complexity index is 681. The average molecular weight is 340 g/mol. The molecule has 0 bridgehead atoms. The summed E-state index contributed by atoms with van der Waals surface area (Å²) in [4.78, 5) is 6.90. The Kier molecular flexibility index (Phi) is 8.43. The zero-order chi connectivity index (χ0) is 18.1. The molecule has 24 heavy (non-hydrogen) atoms. The summed E-state index contributed by atoms with van der Waals surface area (Å²) in [5, 5.41) is 1.22. The number of hydrogen-bond donors (Lipinski definition) is 0. The molecule has 1 aromatic carbocycles. The van der Waals surface area contributed by atoms with Crippen molar-refractivity contribution >= 4 is 20.3 Å². The van der Waals surface area contributed by atoms with Crippen molar-refractivity contribution in [2.45, 2.75) is 33.7 Å². The molecule has 0 saturated carbocycles. The average Bonchev–Trinajstić information content (AvgIpc) is 2.55. The summed E-state index contributed by atoms with van der Waals surface area (Å²) in [6, 6.07) is 8.41. The van der Waals surface area contributed by atoms with Crippen molar-refractivity contribution in [1.29, 1.82) is 0 Å². The fraction of sp³-hybridized carbons (Fsp3) is 0.286. The smallest absolute Gasteiger partial charge is 0.0636 e. The maximum Gasteiger partial charge on any atom is 0.0636 e. The number of aliphatic imine (C=N–C) groups is 1. The molecule has 0 radical (unpaired) electrons. The highest BCUT2D eigenvalue weighted by atomic mass is 31.0. The highest BCUT2D eigenvalue weighted by Crippen LogP contribution is 2.21. The third kappa shape index (κ3) is 5.62. The van der Waals surface area contributed by atoms with Crippen LogP contribution in [0.3, 0.4) is 0 Å². The number of allylic oxidation sites excluding steroid dienone is 5. The summed E-state index contributed by atoms with van der Waals surface area (Å²) in [5.41, 5.74) is 5.72. The van der Waals surface area contributed by atoms with Crippen LogP contribution in [0.1, 0.15) is 32.8 Å². The molecule has 0 spiro atoms. The minimum absolute atomic E-state index is 0.823. The molecule has 1 atom stereocenters. The van der Waals surface area contributed by atoms with Crippen molar-refractivity contribution in [2.75, 3.05) is 7.05 Å². The van der Waals surface area contributed by atoms with Crippen molar-refractivity contribution in [3.05, 3.63) is 78.2 Å². The van der Waals surface area contributed by atoms with Gasteiger partial charge in [-0.2, -0.15) is 0 Å². The summed E-state index contributed by atoms with van der Waals surface area (Å²) < 4.78 is 0. The molecule has 1 aromatic rings. The Morgan fingerprint density at radius 1 is 1.29 bits per heavy atom. The fourth-order valence-corrected chi connectivity index (χ4v) is 2.75. The van der Waals surface area contributed by atoms with Gasteiger partial charge in [-0.25, -0.2) is 0 Å². The van der Waals surface area contributed by atoms with Gasteiger partial charge in [0, 0.05) is 19.8 Å². The summed E-state index contributed by atoms with van der Waals surface area (Å²) >= 11 is 0. The van der Waals surface area contributed by atoms with Crippen molar-refractivity contribution in [3.8, 4) is 0 Å². The highest BCUT2D eigenvalue weighted by molar-refractivity contribution is 7.27. The van der Waals surface area contributed by atoms with Crippen LogP contribution >= 0.6 is 9.24 Å². The first kappa shape index (κ1) is 20.1. The molecule has 0 heterocycles. The Hall–Kier alpha value is -1.92. The third-order valence-corrected chi connectivity index (χ3v) is 4.46. The quantitative estimate of drug-likeness (QED) is 0.368. The first-order chi connectivity index (χ1) is 11.4. The van der Waals surface area contributed by atoms with Crippen molar-refractivity contribution < 1.29 is 0 Å². The van der Waals surface area contributed by atoms with Gasteiger partial charge < -0.3 is 4.90 Å². The number of hydrogen-bond acceptors (Lipinski definition) is 2. The molecule has 0 aromatic heterocycles. The Labute approximate surface area is 149 Å². The summed E-state index contributed by atoms with van der Waals surface area (Å²) in [7, 11) is 4.92. The number of benzene rings is 1. The predicted octanol–water partition coefficient (Wildman–Crippen LogP) is 5.02. The summed E-state index contributed by atoms with van der Waals surface area (Å²) in [5.74, 6) is 0. The van der Waals surface area contributed by atoms with Crippen molar-refractivity contribution in [1.82, 2.24) is 4.90 Å². The van der Waals surface area contributed by atoms with E-state index in [1.165, 1.54) is 16.4 Å². The van der Waals surface area contributed by atoms with E-state index in [9.17, 15) is 0 Å². The van der Waals surface area contributed by atoms with Crippen LogP contribution in [0.25, 0.3) is 0 Å². The molecule has 0 amide bonds. The van der Waals surface area contributed by atoms with E-state index in [0.717, 1.165) is 29.9 Å². The van der Waals surface area contributed by atoms with E-state index in [0.29, 0.717) is 0 Å². The molecule has 2 nitrogen and oxygen atoms in total. The van der Waals surface area contributed by atoms with E-state index in [1.807, 2.05) is 13.0 Å². The maximum atomic E-state index is 4.64. The lowest BCUT2D eigenvalue weighted by atomic mass is 10.0. The standard InChI is InChI=1S/C21H29N2P/c1-7-9-14-22-19(8-2)21(17(5)16(3)4)23(6)15-18-12-10-11-13-20(18)24/h7,9-14H,1,3,8,15,24H2,2,4-6H3/b14-9-,21-17-,22-19-. The van der Waals surface area contributed by atoms with Crippen LogP contribution < -0.4 is 5.30 Å². The third-order valence-electron chi connectivity index (χ3n) is 3.90. The van der Waals surface area contributed by atoms with Gasteiger partial charge in [-0.3, -0.25) is 4.99 Å². The van der Waals surface area contributed by atoms with Crippen LogP contribution in [-0.2, 0) is 6.54 Å². The van der Waals surface area contributed by atoms with Crippen LogP contribution in [0.2, 0.25) is 0 Å². The number of nitrogens with zero attached hydrogens (tertiary/aromatic N) is 2. The molecular formula is C21H29N2P. The minimum atomic E-state index is 0.823. The minimum Gasteiger partial charge on any atom is -0.369 e. The van der Waals surface area contributed by atoms with E-state index in [1.54, 1.807) is 12.3 Å². The lowest BCUT2D eigenvalue weighted by Crippen LogP contribution is -2.26. The molecule has 1 rings (SSSR count). The highest BCUT2D eigenvalue weighted by Gasteiger charge is 2.15. The Morgan fingerprint density at radius 3 is 2.50 bits per heavy atom. The van der Waals surface area contributed by atoms with Gasteiger partial charge in [0.05, 0.1) is 11.4 Å². The van der Waals surface area contributed by atoms with Crippen LogP contribution in [0, 0.1) is 0 Å². The van der Waals surface area contributed by atoms with Crippen molar-refractivity contribution in [2.24, 2.45) is 4.99 Å². The Balaban J connectivity index is 3.28. The van der Waals surface area contributed by atoms with Gasteiger partial charge in [-0.15, -0.1) is 9.24 Å². The molecule has 3 heteroatoms. The zero-order valence-corrected chi connectivity index (χ0v) is 16.5. The summed E-state index contributed by atoms with van der Waals surface area (Å²) in [6.07, 6.45) is 6.24. The SMILES string of the molecule is C=C\C=C/N=C(CC)\C(=C(/C)C(=C)C)N(C)Cc1ccccc1P. The van der Waals surface area contributed by atoms with Gasteiger partial charge >= 0.3 is 0 Å². The van der Waals surface area contributed by atoms with Crippen LogP contribution in [0.5, 0.6) is 0 Å². The van der Waals surface area contributed by atoms with Crippen LogP contribution in [0.4, 0.5) is 0 Å². The van der Waals surface area contributed by atoms with Gasteiger partial charge in [-0.05, 0) is 42.8 Å². The lowest BCUT2D eigenvalue weighted by Gasteiger charge is -2.27. The largest absolute Gasteiger partial charge is 0.369 e. The number of rotatable bonds is 8. The molecule has 1 unspecified atom stereocenters. The topological polar surface area (TPSA) is 15.6 Å². The molecule has 0 saturated heterocycles. The monoisotopic (exact) mass is 340 g/mol. The van der Waals surface area contributed by atoms with Crippen LogP contribution in [-0.4, -0.2) is 17.7 Å². The first-order valence-electron chi connectivity index (χ1n) is 8.18. The molecule has 0 aliphatic rings. The van der Waals surface area contributed by atoms with Gasteiger partial charge in [0.1, 0.15) is 0 Å². The second kappa shape index (κ2) is 10.1. The van der Waals surface area contributed by atoms with E-state index >= 15 is 0 Å². The molecule has 0 aliphatic heterocycles. The van der Waals surface area contributed by atoms with E-state index in [-0.39, 0.29) is 0 Å². The molecule has 128 valence electrons. The second-order valence-corrected chi connectivity index (χ2v) is 6.44. The second-order valence-electron chi connectivity index (χ2n) is 5.82. The van der Waals surface area contributed by atoms with Crippen molar-refractivity contribution in [3.63, 3.8) is 0 Å². The first-order valence-corrected chi connectivity index (χ1v) is 8.75. The van der Waals surface area contributed by atoms with Gasteiger partial charge in [0.2, 0.25) is 0 Å². The fourth-order valence-electron chi connectivity index (χ4n) is 2.45. The zero-order valence-electron chi connectivity index (χ0n) is 15.3. The van der Waals surface area contributed by atoms with E-state index in [2.05, 4.69) is 77.5 Å². The molecule has 0 N–H and O–H groups in total. The van der Waals surface area contributed by atoms with E-state index < -0.39 is 0 Å². The molecular weight excluding hydrogens is 311 g/mol. The summed E-state index contributed by atoms with van der Waals surface area (Å²) in [6.45, 7) is 14.9. The molecule has 0 fully saturated rings. The van der Waals surface area contributed by atoms with E-state index in [4.69, 9.17) is 0 Å². The van der Waals surface area contributed by atoms with Gasteiger partial charge in [0.25, 0.3) is 0 Å². The maximum absolute atomic E-state index is 4.64. The Morgan fingerprint density at radius 2 is 1.96 bits per heavy atom. The van der Waals surface area contributed by atoms with Gasteiger partial charge in [0.15, 0.2) is 0 Å². The van der Waals surface area contributed by atoms with Gasteiger partial charge in [-0.1, -0.05) is 56.0 Å². The molecule has 0 aliphatic carbocycles. The lowest BCUT2D eigenvalue weighted by molar-refractivity contribution is 0.428. The van der Waals surface area contributed by atoms with Crippen LogP contribution in [0.15, 0.2) is 77.6 Å². The predicted molar refractivity (Wildman–Crippen MR) is 112 cm³/mol. The normalized spacial score (nSPS) is 13.0.